The van der Waals surface area contributed by atoms with Gasteiger partial charge in [-0.25, -0.2) is 0 Å². The molecule has 0 atom stereocenters. The molecule has 0 aliphatic rings. The molecule has 248 valence electrons. The summed E-state index contributed by atoms with van der Waals surface area (Å²) < 4.78 is 100. The Balaban J connectivity index is 1.46. The van der Waals surface area contributed by atoms with Crippen molar-refractivity contribution in [2.45, 2.75) is 14.7 Å². The number of nitrogens with zero attached hydrogens (tertiary/aromatic N) is 4. The third-order valence-electron chi connectivity index (χ3n) is 7.22. The molecule has 0 saturated heterocycles. The Hall–Kier alpha value is -5.43. The van der Waals surface area contributed by atoms with Crippen LogP contribution in [0.3, 0.4) is 0 Å². The minimum Gasteiger partial charge on any atom is -0.355 e. The highest BCUT2D eigenvalue weighted by Gasteiger charge is 2.19. The summed E-state index contributed by atoms with van der Waals surface area (Å²) in [4.78, 5) is -1.11. The maximum atomic E-state index is 12.4. The van der Waals surface area contributed by atoms with E-state index in [0.717, 1.165) is 12.1 Å². The predicted octanol–water partition coefficient (Wildman–Crippen LogP) is 8.31. The van der Waals surface area contributed by atoms with Crippen molar-refractivity contribution >= 4 is 86.0 Å². The maximum Gasteiger partial charge on any atom is 0.295 e. The first-order valence-electron chi connectivity index (χ1n) is 14.0. The maximum absolute atomic E-state index is 12.4. The molecule has 6 aromatic carbocycles. The fourth-order valence-electron chi connectivity index (χ4n) is 4.98. The van der Waals surface area contributed by atoms with Crippen LogP contribution in [0.25, 0.3) is 21.5 Å². The van der Waals surface area contributed by atoms with E-state index in [1.165, 1.54) is 54.6 Å². The Morgan fingerprint density at radius 1 is 0.469 bits per heavy atom. The molecule has 0 heterocycles. The number of anilines is 2. The number of benzene rings is 6. The molecule has 14 nitrogen and oxygen atoms in total. The molecule has 6 rings (SSSR count). The zero-order chi connectivity index (χ0) is 35.0. The topological polar surface area (TPSA) is 225 Å². The van der Waals surface area contributed by atoms with Crippen LogP contribution >= 0.6 is 0 Å². The zero-order valence-electron chi connectivity index (χ0n) is 24.8. The van der Waals surface area contributed by atoms with Crippen LogP contribution in [-0.2, 0) is 30.4 Å². The van der Waals surface area contributed by atoms with Gasteiger partial charge in [-0.2, -0.15) is 30.4 Å². The van der Waals surface area contributed by atoms with Gasteiger partial charge in [0, 0.05) is 32.9 Å². The molecule has 6 aromatic rings. The van der Waals surface area contributed by atoms with Gasteiger partial charge in [0.15, 0.2) is 0 Å². The summed E-state index contributed by atoms with van der Waals surface area (Å²) in [5.41, 5.74) is 1.92. The Bertz CT molecular complexity index is 2650. The second kappa shape index (κ2) is 12.9. The van der Waals surface area contributed by atoms with Gasteiger partial charge in [-0.3, -0.25) is 13.7 Å². The van der Waals surface area contributed by atoms with E-state index in [1.807, 2.05) is 6.07 Å². The molecule has 0 aliphatic carbocycles. The highest BCUT2D eigenvalue weighted by atomic mass is 32.2. The van der Waals surface area contributed by atoms with E-state index in [4.69, 9.17) is 0 Å². The Morgan fingerprint density at radius 2 is 1.04 bits per heavy atom. The first kappa shape index (κ1) is 33.5. The van der Waals surface area contributed by atoms with Crippen molar-refractivity contribution in [1.29, 1.82) is 0 Å². The number of nitrogens with one attached hydrogen (secondary N) is 1. The van der Waals surface area contributed by atoms with Crippen molar-refractivity contribution in [3.8, 4) is 0 Å². The normalized spacial score (nSPS) is 12.7. The quantitative estimate of drug-likeness (QED) is 0.0826. The second-order valence-corrected chi connectivity index (χ2v) is 14.7. The monoisotopic (exact) mass is 717 g/mol. The zero-order valence-corrected chi connectivity index (χ0v) is 27.2. The number of para-hydroxylation sites is 1. The minimum atomic E-state index is -4.66. The highest BCUT2D eigenvalue weighted by molar-refractivity contribution is 7.86. The van der Waals surface area contributed by atoms with Gasteiger partial charge in [0.1, 0.15) is 4.90 Å². The van der Waals surface area contributed by atoms with Gasteiger partial charge in [-0.05, 0) is 78.9 Å². The lowest BCUT2D eigenvalue weighted by Crippen LogP contribution is -2.01. The molecule has 17 heteroatoms. The predicted molar refractivity (Wildman–Crippen MR) is 182 cm³/mol. The molecule has 0 fully saturated rings. The van der Waals surface area contributed by atoms with E-state index < -0.39 is 35.2 Å². The average molecular weight is 718 g/mol. The standard InChI is InChI=1S/C32H23N5O9S3/c38-47(39,40)22-11-9-21(10-12-22)34-35-27-15-16-29(26-19-23(48(41,42)43)13-14-24(26)27)37-36-28-17-18-30(33-20-5-2-1-3-6-20)32-25(28)7-4-8-31(32)49(44,45)46/h1-19,33H,(H,38,39,40)(H,41,42,43)(H,44,45,46)/b35-34+,37-36+. The fraction of sp³-hybridized carbons (Fsp3) is 0. The van der Waals surface area contributed by atoms with Crippen LogP contribution in [0.1, 0.15) is 0 Å². The number of rotatable bonds is 9. The van der Waals surface area contributed by atoms with Gasteiger partial charge >= 0.3 is 0 Å². The first-order valence-corrected chi connectivity index (χ1v) is 18.3. The number of hydrogen-bond donors (Lipinski definition) is 4. The van der Waals surface area contributed by atoms with E-state index >= 15 is 0 Å². The van der Waals surface area contributed by atoms with Crippen molar-refractivity contribution in [2.24, 2.45) is 20.5 Å². The summed E-state index contributed by atoms with van der Waals surface area (Å²) in [6.07, 6.45) is 0. The highest BCUT2D eigenvalue weighted by Crippen LogP contribution is 2.40. The third-order valence-corrected chi connectivity index (χ3v) is 9.84. The lowest BCUT2D eigenvalue weighted by molar-refractivity contribution is 0.481. The van der Waals surface area contributed by atoms with Crippen molar-refractivity contribution in [2.75, 3.05) is 5.32 Å². The molecular weight excluding hydrogens is 695 g/mol. The summed E-state index contributed by atoms with van der Waals surface area (Å²) in [6.45, 7) is 0. The molecule has 0 aliphatic heterocycles. The summed E-state index contributed by atoms with van der Waals surface area (Å²) in [5.74, 6) is 0. The van der Waals surface area contributed by atoms with E-state index in [9.17, 15) is 38.9 Å². The largest absolute Gasteiger partial charge is 0.355 e. The molecular formula is C32H23N5O9S3. The Morgan fingerprint density at radius 3 is 1.67 bits per heavy atom. The van der Waals surface area contributed by atoms with E-state index in [-0.39, 0.29) is 43.3 Å². The van der Waals surface area contributed by atoms with Gasteiger partial charge in [-0.1, -0.05) is 36.4 Å². The van der Waals surface area contributed by atoms with Crippen LogP contribution in [-0.4, -0.2) is 38.9 Å². The third kappa shape index (κ3) is 7.36. The summed E-state index contributed by atoms with van der Waals surface area (Å²) in [6, 6.07) is 28.2. The van der Waals surface area contributed by atoms with E-state index in [2.05, 4.69) is 25.8 Å². The average Bonchev–Trinajstić information content (AvgIpc) is 3.06. The molecule has 0 amide bonds. The lowest BCUT2D eigenvalue weighted by Gasteiger charge is -2.14. The van der Waals surface area contributed by atoms with Crippen LogP contribution < -0.4 is 5.32 Å². The molecule has 0 bridgehead atoms. The van der Waals surface area contributed by atoms with Gasteiger partial charge in [-0.15, -0.1) is 15.3 Å². The van der Waals surface area contributed by atoms with Crippen LogP contribution in [0.5, 0.6) is 0 Å². The molecule has 0 unspecified atom stereocenters. The van der Waals surface area contributed by atoms with Crippen LogP contribution in [0.2, 0.25) is 0 Å². The van der Waals surface area contributed by atoms with Crippen LogP contribution in [0.4, 0.5) is 34.1 Å². The van der Waals surface area contributed by atoms with Crippen molar-refractivity contribution < 1.29 is 38.9 Å². The minimum absolute atomic E-state index is 0.155. The van der Waals surface area contributed by atoms with Crippen molar-refractivity contribution in [1.82, 2.24) is 0 Å². The summed E-state index contributed by atoms with van der Waals surface area (Å²) in [7, 11) is -13.7. The van der Waals surface area contributed by atoms with Gasteiger partial charge in [0.25, 0.3) is 30.4 Å². The molecule has 0 radical (unpaired) electrons. The van der Waals surface area contributed by atoms with Gasteiger partial charge < -0.3 is 5.32 Å². The Labute approximate surface area is 279 Å². The fourth-order valence-corrected chi connectivity index (χ4v) is 6.69. The summed E-state index contributed by atoms with van der Waals surface area (Å²) in [5, 5.41) is 21.2. The Kier molecular flexibility index (Phi) is 8.80. The molecule has 49 heavy (non-hydrogen) atoms. The summed E-state index contributed by atoms with van der Waals surface area (Å²) >= 11 is 0. The molecule has 0 aromatic heterocycles. The lowest BCUT2D eigenvalue weighted by atomic mass is 10.1. The molecule has 0 spiro atoms. The number of fused-ring (bicyclic) bond motifs is 2. The van der Waals surface area contributed by atoms with Gasteiger partial charge in [0.05, 0.1) is 32.5 Å². The molecule has 0 saturated carbocycles. The van der Waals surface area contributed by atoms with Crippen LogP contribution in [0.15, 0.2) is 150 Å². The van der Waals surface area contributed by atoms with Gasteiger partial charge in [0.2, 0.25) is 0 Å². The second-order valence-electron chi connectivity index (χ2n) is 10.4. The number of hydrogen-bond acceptors (Lipinski definition) is 11. The molecule has 4 N–H and O–H groups in total. The van der Waals surface area contributed by atoms with Crippen molar-refractivity contribution in [3.63, 3.8) is 0 Å². The van der Waals surface area contributed by atoms with Crippen molar-refractivity contribution in [3.05, 3.63) is 115 Å². The van der Waals surface area contributed by atoms with Crippen LogP contribution in [0, 0.1) is 0 Å². The SMILES string of the molecule is O=S(=O)(O)c1ccc(/N=N/c2ccc(/N=N/c3ccc(Nc4ccccc4)c4c(S(=O)(=O)O)cccc34)c3cc(S(=O)(=O)O)ccc23)cc1. The number of azo groups is 2. The smallest absolute Gasteiger partial charge is 0.295 e. The van der Waals surface area contributed by atoms with E-state index in [0.29, 0.717) is 22.1 Å². The first-order chi connectivity index (χ1) is 23.2. The van der Waals surface area contributed by atoms with E-state index in [1.54, 1.807) is 42.5 Å².